The summed E-state index contributed by atoms with van der Waals surface area (Å²) in [6.45, 7) is 0.461. The van der Waals surface area contributed by atoms with Gasteiger partial charge in [0.15, 0.2) is 0 Å². The summed E-state index contributed by atoms with van der Waals surface area (Å²) in [7, 11) is 0. The van der Waals surface area contributed by atoms with E-state index < -0.39 is 17.6 Å². The summed E-state index contributed by atoms with van der Waals surface area (Å²) in [6.07, 6.45) is 5.64. The topological polar surface area (TPSA) is 75.4 Å². The molecule has 1 heterocycles. The molecule has 2 amide bonds. The molecule has 1 aliphatic heterocycles. The Labute approximate surface area is 151 Å². The van der Waals surface area contributed by atoms with Crippen LogP contribution in [0.15, 0.2) is 18.2 Å². The molecule has 2 fully saturated rings. The van der Waals surface area contributed by atoms with Crippen molar-refractivity contribution < 1.29 is 18.4 Å². The molecule has 1 aromatic carbocycles. The Morgan fingerprint density at radius 1 is 1.27 bits per heavy atom. The molecule has 142 valence electrons. The molecule has 26 heavy (non-hydrogen) atoms. The van der Waals surface area contributed by atoms with Crippen molar-refractivity contribution in [1.29, 1.82) is 0 Å². The zero-order valence-corrected chi connectivity index (χ0v) is 14.7. The second-order valence-corrected chi connectivity index (χ2v) is 7.25. The summed E-state index contributed by atoms with van der Waals surface area (Å²) in [4.78, 5) is 26.1. The SMILES string of the molecule is NCC(NC(=O)C1CC(=O)N(c2ccc(F)cc2F)C1)C1CCCCC1. The lowest BCUT2D eigenvalue weighted by atomic mass is 9.83. The van der Waals surface area contributed by atoms with E-state index in [2.05, 4.69) is 5.32 Å². The number of nitrogens with zero attached hydrogens (tertiary/aromatic N) is 1. The molecular formula is C19H25F2N3O2. The van der Waals surface area contributed by atoms with Crippen molar-refractivity contribution in [2.45, 2.75) is 44.6 Å². The van der Waals surface area contributed by atoms with Crippen LogP contribution in [-0.2, 0) is 9.59 Å². The highest BCUT2D eigenvalue weighted by Gasteiger charge is 2.37. The fraction of sp³-hybridized carbons (Fsp3) is 0.579. The zero-order valence-electron chi connectivity index (χ0n) is 14.7. The maximum absolute atomic E-state index is 14.0. The second-order valence-electron chi connectivity index (χ2n) is 7.25. The number of rotatable bonds is 5. The maximum Gasteiger partial charge on any atom is 0.227 e. The minimum Gasteiger partial charge on any atom is -0.352 e. The van der Waals surface area contributed by atoms with Gasteiger partial charge in [0.2, 0.25) is 11.8 Å². The third kappa shape index (κ3) is 4.03. The molecule has 1 aliphatic carbocycles. The summed E-state index contributed by atoms with van der Waals surface area (Å²) >= 11 is 0. The Morgan fingerprint density at radius 3 is 2.65 bits per heavy atom. The summed E-state index contributed by atoms with van der Waals surface area (Å²) in [5.74, 6) is -2.24. The van der Waals surface area contributed by atoms with Crippen LogP contribution in [0.4, 0.5) is 14.5 Å². The molecule has 5 nitrogen and oxygen atoms in total. The second kappa shape index (κ2) is 8.12. The fourth-order valence-electron chi connectivity index (χ4n) is 4.02. The van der Waals surface area contributed by atoms with Gasteiger partial charge in [-0.15, -0.1) is 0 Å². The van der Waals surface area contributed by atoms with Gasteiger partial charge in [-0.05, 0) is 30.9 Å². The number of benzene rings is 1. The Hall–Kier alpha value is -2.02. The molecule has 2 aliphatic rings. The smallest absolute Gasteiger partial charge is 0.227 e. The predicted octanol–water partition coefficient (Wildman–Crippen LogP) is 2.34. The first kappa shape index (κ1) is 18.8. The molecule has 0 spiro atoms. The monoisotopic (exact) mass is 365 g/mol. The van der Waals surface area contributed by atoms with Gasteiger partial charge in [-0.25, -0.2) is 8.78 Å². The molecule has 1 saturated carbocycles. The van der Waals surface area contributed by atoms with Crippen molar-refractivity contribution in [2.24, 2.45) is 17.6 Å². The minimum absolute atomic E-state index is 0.00866. The number of nitrogens with two attached hydrogens (primary N) is 1. The van der Waals surface area contributed by atoms with Crippen molar-refractivity contribution in [3.63, 3.8) is 0 Å². The van der Waals surface area contributed by atoms with Gasteiger partial charge in [0.1, 0.15) is 11.6 Å². The van der Waals surface area contributed by atoms with Gasteiger partial charge in [-0.1, -0.05) is 19.3 Å². The van der Waals surface area contributed by atoms with Crippen molar-refractivity contribution >= 4 is 17.5 Å². The largest absolute Gasteiger partial charge is 0.352 e. The molecule has 3 N–H and O–H groups in total. The number of hydrogen-bond donors (Lipinski definition) is 2. The number of carbonyl (C=O) groups is 2. The van der Waals surface area contributed by atoms with Gasteiger partial charge in [0.25, 0.3) is 0 Å². The first-order chi connectivity index (χ1) is 12.5. The van der Waals surface area contributed by atoms with E-state index in [1.165, 1.54) is 17.4 Å². The van der Waals surface area contributed by atoms with Crippen LogP contribution in [0.25, 0.3) is 0 Å². The van der Waals surface area contributed by atoms with Gasteiger partial charge in [-0.2, -0.15) is 0 Å². The van der Waals surface area contributed by atoms with E-state index in [9.17, 15) is 18.4 Å². The lowest BCUT2D eigenvalue weighted by molar-refractivity contribution is -0.127. The molecule has 1 saturated heterocycles. The molecule has 1 aromatic rings. The molecule has 2 atom stereocenters. The number of carbonyl (C=O) groups excluding carboxylic acids is 2. The quantitative estimate of drug-likeness (QED) is 0.841. The van der Waals surface area contributed by atoms with Crippen LogP contribution in [0.5, 0.6) is 0 Å². The lowest BCUT2D eigenvalue weighted by Gasteiger charge is -2.30. The summed E-state index contributed by atoms with van der Waals surface area (Å²) in [6, 6.07) is 2.98. The predicted molar refractivity (Wildman–Crippen MR) is 94.4 cm³/mol. The number of halogens is 2. The average molecular weight is 365 g/mol. The van der Waals surface area contributed by atoms with E-state index in [1.807, 2.05) is 0 Å². The highest BCUT2D eigenvalue weighted by molar-refractivity contribution is 6.00. The van der Waals surface area contributed by atoms with Crippen molar-refractivity contribution in [1.82, 2.24) is 5.32 Å². The van der Waals surface area contributed by atoms with Crippen LogP contribution in [0.3, 0.4) is 0 Å². The Bertz CT molecular complexity index is 677. The third-order valence-electron chi connectivity index (χ3n) is 5.50. The van der Waals surface area contributed by atoms with Crippen LogP contribution < -0.4 is 16.0 Å². The number of anilines is 1. The molecule has 2 unspecified atom stereocenters. The normalized spacial score (nSPS) is 22.5. The maximum atomic E-state index is 14.0. The van der Waals surface area contributed by atoms with E-state index in [0.717, 1.165) is 37.8 Å². The molecule has 7 heteroatoms. The van der Waals surface area contributed by atoms with Gasteiger partial charge < -0.3 is 16.0 Å². The Kier molecular flexibility index (Phi) is 5.86. The summed E-state index contributed by atoms with van der Waals surface area (Å²) < 4.78 is 27.0. The number of amides is 2. The van der Waals surface area contributed by atoms with E-state index in [1.54, 1.807) is 0 Å². The fourth-order valence-corrected chi connectivity index (χ4v) is 4.02. The summed E-state index contributed by atoms with van der Waals surface area (Å²) in [5, 5.41) is 3.00. The minimum atomic E-state index is -0.804. The van der Waals surface area contributed by atoms with Crippen LogP contribution in [0, 0.1) is 23.5 Å². The zero-order chi connectivity index (χ0) is 18.7. The molecule has 0 radical (unpaired) electrons. The molecule has 3 rings (SSSR count). The summed E-state index contributed by atoms with van der Waals surface area (Å²) in [5.41, 5.74) is 5.86. The van der Waals surface area contributed by atoms with Crippen LogP contribution in [0.2, 0.25) is 0 Å². The number of hydrogen-bond acceptors (Lipinski definition) is 3. The van der Waals surface area contributed by atoms with Gasteiger partial charge in [0.05, 0.1) is 11.6 Å². The molecule has 0 bridgehead atoms. The lowest BCUT2D eigenvalue weighted by Crippen LogP contribution is -2.48. The Balaban J connectivity index is 1.64. The van der Waals surface area contributed by atoms with Crippen LogP contribution >= 0.6 is 0 Å². The van der Waals surface area contributed by atoms with E-state index in [-0.39, 0.29) is 36.5 Å². The number of nitrogens with one attached hydrogen (secondary N) is 1. The van der Waals surface area contributed by atoms with Crippen molar-refractivity contribution in [3.8, 4) is 0 Å². The van der Waals surface area contributed by atoms with Gasteiger partial charge in [0, 0.05) is 31.6 Å². The van der Waals surface area contributed by atoms with Crippen molar-refractivity contribution in [3.05, 3.63) is 29.8 Å². The first-order valence-corrected chi connectivity index (χ1v) is 9.25. The standard InChI is InChI=1S/C19H25F2N3O2/c20-14-6-7-17(15(21)9-14)24-11-13(8-18(24)25)19(26)23-16(10-22)12-4-2-1-3-5-12/h6-7,9,12-13,16H,1-5,8,10-11,22H2,(H,23,26). The van der Waals surface area contributed by atoms with E-state index >= 15 is 0 Å². The van der Waals surface area contributed by atoms with Crippen molar-refractivity contribution in [2.75, 3.05) is 18.0 Å². The first-order valence-electron chi connectivity index (χ1n) is 9.25. The third-order valence-corrected chi connectivity index (χ3v) is 5.50. The van der Waals surface area contributed by atoms with Crippen LogP contribution in [-0.4, -0.2) is 30.9 Å². The van der Waals surface area contributed by atoms with E-state index in [0.29, 0.717) is 12.5 Å². The van der Waals surface area contributed by atoms with Crippen LogP contribution in [0.1, 0.15) is 38.5 Å². The average Bonchev–Trinajstić information content (AvgIpc) is 3.02. The van der Waals surface area contributed by atoms with Gasteiger partial charge in [-0.3, -0.25) is 9.59 Å². The highest BCUT2D eigenvalue weighted by atomic mass is 19.1. The molecular weight excluding hydrogens is 340 g/mol. The van der Waals surface area contributed by atoms with Gasteiger partial charge >= 0.3 is 0 Å². The highest BCUT2D eigenvalue weighted by Crippen LogP contribution is 2.29. The Morgan fingerprint density at radius 2 is 2.00 bits per heavy atom. The molecule has 0 aromatic heterocycles. The van der Waals surface area contributed by atoms with E-state index in [4.69, 9.17) is 5.73 Å².